The molecule has 0 aliphatic rings. The van der Waals surface area contributed by atoms with Crippen LogP contribution in [0.25, 0.3) is 11.0 Å². The highest BCUT2D eigenvalue weighted by Crippen LogP contribution is 2.28. The largest absolute Gasteiger partial charge is 0.459 e. The molecule has 21 heavy (non-hydrogen) atoms. The molecule has 1 heterocycles. The third kappa shape index (κ3) is 4.10. The summed E-state index contributed by atoms with van der Waals surface area (Å²) >= 11 is 0. The second kappa shape index (κ2) is 6.65. The lowest BCUT2D eigenvalue weighted by Gasteiger charge is -2.19. The van der Waals surface area contributed by atoms with Gasteiger partial charge in [-0.1, -0.05) is 26.3 Å². The van der Waals surface area contributed by atoms with Crippen LogP contribution >= 0.6 is 0 Å². The molecular formula is C19H29NO. The van der Waals surface area contributed by atoms with E-state index in [4.69, 9.17) is 4.42 Å². The van der Waals surface area contributed by atoms with E-state index in [-0.39, 0.29) is 5.54 Å². The van der Waals surface area contributed by atoms with Gasteiger partial charge in [-0.3, -0.25) is 0 Å². The van der Waals surface area contributed by atoms with Crippen molar-refractivity contribution in [1.82, 2.24) is 5.32 Å². The van der Waals surface area contributed by atoms with Gasteiger partial charge in [0.05, 0.1) is 6.54 Å². The second-order valence-electron chi connectivity index (χ2n) is 6.89. The van der Waals surface area contributed by atoms with E-state index in [2.05, 4.69) is 58.1 Å². The minimum atomic E-state index is 0.107. The van der Waals surface area contributed by atoms with Gasteiger partial charge < -0.3 is 9.73 Å². The van der Waals surface area contributed by atoms with E-state index in [0.717, 1.165) is 30.7 Å². The van der Waals surface area contributed by atoms with Crippen molar-refractivity contribution in [3.63, 3.8) is 0 Å². The molecule has 0 aliphatic heterocycles. The Hall–Kier alpha value is -1.28. The quantitative estimate of drug-likeness (QED) is 0.787. The minimum absolute atomic E-state index is 0.107. The lowest BCUT2D eigenvalue weighted by atomic mass is 10.0. The Morgan fingerprint density at radius 2 is 1.90 bits per heavy atom. The van der Waals surface area contributed by atoms with E-state index < -0.39 is 0 Å². The third-order valence-corrected chi connectivity index (χ3v) is 3.89. The third-order valence-electron chi connectivity index (χ3n) is 3.89. The van der Waals surface area contributed by atoms with Crippen LogP contribution in [0.15, 0.2) is 22.6 Å². The molecule has 0 aliphatic carbocycles. The average molecular weight is 287 g/mol. The normalized spacial score (nSPS) is 12.2. The Morgan fingerprint density at radius 1 is 1.14 bits per heavy atom. The Kier molecular flexibility index (Phi) is 5.10. The Morgan fingerprint density at radius 3 is 2.52 bits per heavy atom. The van der Waals surface area contributed by atoms with Crippen molar-refractivity contribution in [1.29, 1.82) is 0 Å². The van der Waals surface area contributed by atoms with Crippen LogP contribution in [0.2, 0.25) is 0 Å². The molecule has 0 amide bonds. The highest BCUT2D eigenvalue weighted by molar-refractivity contribution is 5.83. The van der Waals surface area contributed by atoms with Crippen LogP contribution in [0.4, 0.5) is 0 Å². The molecule has 0 fully saturated rings. The molecule has 0 spiro atoms. The first-order chi connectivity index (χ1) is 9.94. The number of hydrogen-bond donors (Lipinski definition) is 1. The van der Waals surface area contributed by atoms with Crippen molar-refractivity contribution in [2.24, 2.45) is 0 Å². The molecule has 1 N–H and O–H groups in total. The molecule has 2 nitrogen and oxygen atoms in total. The molecule has 116 valence electrons. The van der Waals surface area contributed by atoms with E-state index >= 15 is 0 Å². The maximum atomic E-state index is 6.08. The average Bonchev–Trinajstić information content (AvgIpc) is 2.79. The van der Waals surface area contributed by atoms with Gasteiger partial charge in [0.2, 0.25) is 0 Å². The Balaban J connectivity index is 2.30. The number of benzene rings is 1. The first-order valence-corrected chi connectivity index (χ1v) is 8.22. The van der Waals surface area contributed by atoms with Crippen LogP contribution in [0.5, 0.6) is 0 Å². The van der Waals surface area contributed by atoms with E-state index in [1.165, 1.54) is 29.4 Å². The number of unbranched alkanes of at least 4 members (excludes halogenated alkanes) is 1. The van der Waals surface area contributed by atoms with Crippen molar-refractivity contribution in [2.45, 2.75) is 72.4 Å². The van der Waals surface area contributed by atoms with Crippen LogP contribution in [0.1, 0.15) is 64.3 Å². The molecule has 0 atom stereocenters. The van der Waals surface area contributed by atoms with Crippen LogP contribution in [0.3, 0.4) is 0 Å². The first-order valence-electron chi connectivity index (χ1n) is 8.22. The molecule has 0 unspecified atom stereocenters. The maximum absolute atomic E-state index is 6.08. The fourth-order valence-corrected chi connectivity index (χ4v) is 2.66. The number of nitrogens with one attached hydrogen (secondary N) is 1. The lowest BCUT2D eigenvalue weighted by Crippen LogP contribution is -2.35. The maximum Gasteiger partial charge on any atom is 0.134 e. The smallest absolute Gasteiger partial charge is 0.134 e. The van der Waals surface area contributed by atoms with E-state index in [9.17, 15) is 0 Å². The van der Waals surface area contributed by atoms with Gasteiger partial charge in [-0.2, -0.15) is 0 Å². The molecule has 2 rings (SSSR count). The number of aryl methyl sites for hydroxylation is 2. The number of hydrogen-bond acceptors (Lipinski definition) is 2. The molecule has 2 heteroatoms. The predicted molar refractivity (Wildman–Crippen MR) is 90.8 cm³/mol. The zero-order valence-electron chi connectivity index (χ0n) is 14.2. The van der Waals surface area contributed by atoms with E-state index in [1.807, 2.05) is 0 Å². The van der Waals surface area contributed by atoms with Crippen LogP contribution < -0.4 is 5.32 Å². The standard InChI is InChI=1S/C19H29NO/c1-6-8-9-14-10-11-17-16(12-14)15(7-2)18(21-17)13-20-19(3,4)5/h10-12,20H,6-9,13H2,1-5H3. The molecule has 2 aromatic rings. The highest BCUT2D eigenvalue weighted by atomic mass is 16.3. The first kappa shape index (κ1) is 16.1. The Labute approximate surface area is 128 Å². The van der Waals surface area contributed by atoms with Gasteiger partial charge in [-0.15, -0.1) is 0 Å². The molecule has 0 radical (unpaired) electrons. The van der Waals surface area contributed by atoms with Crippen LogP contribution in [-0.2, 0) is 19.4 Å². The Bertz CT molecular complexity index is 589. The van der Waals surface area contributed by atoms with Crippen molar-refractivity contribution in [2.75, 3.05) is 0 Å². The molecule has 1 aromatic carbocycles. The summed E-state index contributed by atoms with van der Waals surface area (Å²) in [5.41, 5.74) is 3.92. The van der Waals surface area contributed by atoms with Crippen molar-refractivity contribution < 1.29 is 4.42 Å². The van der Waals surface area contributed by atoms with Gasteiger partial charge in [0.1, 0.15) is 11.3 Å². The minimum Gasteiger partial charge on any atom is -0.459 e. The summed E-state index contributed by atoms with van der Waals surface area (Å²) in [6, 6.07) is 6.68. The van der Waals surface area contributed by atoms with Gasteiger partial charge >= 0.3 is 0 Å². The molecule has 0 saturated heterocycles. The van der Waals surface area contributed by atoms with Gasteiger partial charge in [0.25, 0.3) is 0 Å². The number of furan rings is 1. The van der Waals surface area contributed by atoms with Gasteiger partial charge in [-0.05, 0) is 57.7 Å². The van der Waals surface area contributed by atoms with Crippen LogP contribution in [0, 0.1) is 0 Å². The zero-order chi connectivity index (χ0) is 15.5. The van der Waals surface area contributed by atoms with Crippen molar-refractivity contribution in [3.05, 3.63) is 35.1 Å². The number of fused-ring (bicyclic) bond motifs is 1. The molecular weight excluding hydrogens is 258 g/mol. The lowest BCUT2D eigenvalue weighted by molar-refractivity contribution is 0.393. The zero-order valence-corrected chi connectivity index (χ0v) is 14.2. The number of rotatable bonds is 6. The monoisotopic (exact) mass is 287 g/mol. The summed E-state index contributed by atoms with van der Waals surface area (Å²) in [5.74, 6) is 1.09. The fourth-order valence-electron chi connectivity index (χ4n) is 2.66. The van der Waals surface area contributed by atoms with E-state index in [0.29, 0.717) is 0 Å². The predicted octanol–water partition coefficient (Wildman–Crippen LogP) is 5.23. The van der Waals surface area contributed by atoms with Gasteiger partial charge in [-0.25, -0.2) is 0 Å². The summed E-state index contributed by atoms with van der Waals surface area (Å²) in [6.45, 7) is 11.8. The summed E-state index contributed by atoms with van der Waals surface area (Å²) < 4.78 is 6.08. The van der Waals surface area contributed by atoms with Crippen LogP contribution in [-0.4, -0.2) is 5.54 Å². The topological polar surface area (TPSA) is 25.2 Å². The van der Waals surface area contributed by atoms with Gasteiger partial charge in [0.15, 0.2) is 0 Å². The van der Waals surface area contributed by atoms with Gasteiger partial charge in [0, 0.05) is 16.5 Å². The molecule has 1 aromatic heterocycles. The fraction of sp³-hybridized carbons (Fsp3) is 0.579. The summed E-state index contributed by atoms with van der Waals surface area (Å²) in [4.78, 5) is 0. The van der Waals surface area contributed by atoms with Crippen molar-refractivity contribution in [3.8, 4) is 0 Å². The highest BCUT2D eigenvalue weighted by Gasteiger charge is 2.16. The SMILES string of the molecule is CCCCc1ccc2oc(CNC(C)(C)C)c(CC)c2c1. The summed E-state index contributed by atoms with van der Waals surface area (Å²) in [6.07, 6.45) is 4.68. The summed E-state index contributed by atoms with van der Waals surface area (Å²) in [5, 5.41) is 4.83. The molecule has 0 bridgehead atoms. The second-order valence-corrected chi connectivity index (χ2v) is 6.89. The van der Waals surface area contributed by atoms with Crippen molar-refractivity contribution >= 4 is 11.0 Å². The summed E-state index contributed by atoms with van der Waals surface area (Å²) in [7, 11) is 0. The van der Waals surface area contributed by atoms with E-state index in [1.54, 1.807) is 0 Å². The molecule has 0 saturated carbocycles.